The standard InChI is InChI=1S/C22H32N2O/c1-15-8-9-17-16(14-15)18(10-12-21(17,4)24-7)22(5)13-11-19(25-22)20(2,3)23-6/h14,16-19H,8-13H2,1-5H3/t16-,17+,18+,19?,21-,22-/m1/s1. The third-order valence-electron chi connectivity index (χ3n) is 7.45. The van der Waals surface area contributed by atoms with Crippen molar-refractivity contribution < 1.29 is 4.74 Å². The molecule has 3 rings (SSSR count). The molecule has 0 aromatic carbocycles. The quantitative estimate of drug-likeness (QED) is 0.467. The van der Waals surface area contributed by atoms with Gasteiger partial charge in [0.1, 0.15) is 6.10 Å². The van der Waals surface area contributed by atoms with E-state index in [0.717, 1.165) is 38.5 Å². The summed E-state index contributed by atoms with van der Waals surface area (Å²) in [4.78, 5) is 7.90. The minimum Gasteiger partial charge on any atom is -0.363 e. The molecule has 1 saturated carbocycles. The van der Waals surface area contributed by atoms with Crippen molar-refractivity contribution in [3.05, 3.63) is 34.5 Å². The number of nitrogens with zero attached hydrogens (tertiary/aromatic N) is 2. The molecule has 1 unspecified atom stereocenters. The molecule has 0 radical (unpaired) electrons. The molecular formula is C22H32N2O. The van der Waals surface area contributed by atoms with Crippen molar-refractivity contribution in [1.82, 2.24) is 0 Å². The van der Waals surface area contributed by atoms with Gasteiger partial charge in [-0.3, -0.25) is 0 Å². The van der Waals surface area contributed by atoms with Gasteiger partial charge in [0.15, 0.2) is 0 Å². The highest BCUT2D eigenvalue weighted by atomic mass is 16.5. The largest absolute Gasteiger partial charge is 0.363 e. The van der Waals surface area contributed by atoms with Crippen LogP contribution >= 0.6 is 0 Å². The fourth-order valence-corrected chi connectivity index (χ4v) is 5.61. The van der Waals surface area contributed by atoms with Crippen LogP contribution in [0.1, 0.15) is 73.1 Å². The second-order valence-corrected chi connectivity index (χ2v) is 9.57. The average molecular weight is 341 g/mol. The molecule has 1 heterocycles. The Balaban J connectivity index is 1.89. The van der Waals surface area contributed by atoms with Crippen LogP contribution in [0.5, 0.6) is 0 Å². The van der Waals surface area contributed by atoms with Gasteiger partial charge in [0, 0.05) is 33.1 Å². The monoisotopic (exact) mass is 340 g/mol. The molecule has 0 aromatic heterocycles. The van der Waals surface area contributed by atoms with Gasteiger partial charge in [-0.1, -0.05) is 11.6 Å². The third-order valence-corrected chi connectivity index (χ3v) is 7.45. The van der Waals surface area contributed by atoms with E-state index < -0.39 is 5.54 Å². The average Bonchev–Trinajstić information content (AvgIpc) is 2.99. The topological polar surface area (TPSA) is 18.0 Å². The van der Waals surface area contributed by atoms with E-state index in [2.05, 4.69) is 36.5 Å². The zero-order valence-electron chi connectivity index (χ0n) is 16.4. The van der Waals surface area contributed by atoms with Crippen LogP contribution in [0.4, 0.5) is 0 Å². The Hall–Kier alpha value is -1.32. The molecular weight excluding hydrogens is 308 g/mol. The van der Waals surface area contributed by atoms with E-state index in [1.54, 1.807) is 0 Å². The van der Waals surface area contributed by atoms with Crippen molar-refractivity contribution >= 4 is 0 Å². The molecule has 136 valence electrons. The highest BCUT2D eigenvalue weighted by Crippen LogP contribution is 2.55. The third kappa shape index (κ3) is 3.02. The second-order valence-electron chi connectivity index (χ2n) is 9.57. The lowest BCUT2D eigenvalue weighted by Gasteiger charge is -2.49. The van der Waals surface area contributed by atoms with Crippen LogP contribution in [0.15, 0.2) is 11.6 Å². The summed E-state index contributed by atoms with van der Waals surface area (Å²) in [5.41, 5.74) is 0.644. The number of ether oxygens (including phenoxy) is 1. The van der Waals surface area contributed by atoms with Gasteiger partial charge in [0.2, 0.25) is 5.54 Å². The molecule has 3 aliphatic rings. The van der Waals surface area contributed by atoms with E-state index in [4.69, 9.17) is 17.9 Å². The van der Waals surface area contributed by atoms with Crippen molar-refractivity contribution in [2.75, 3.05) is 0 Å². The number of hydrogen-bond acceptors (Lipinski definition) is 1. The predicted molar refractivity (Wildman–Crippen MR) is 101 cm³/mol. The number of allylic oxidation sites excluding steroid dienone is 2. The Bertz CT molecular complexity index is 652. The summed E-state index contributed by atoms with van der Waals surface area (Å²) in [6.45, 7) is 25.9. The van der Waals surface area contributed by atoms with E-state index in [1.807, 2.05) is 13.8 Å². The highest BCUT2D eigenvalue weighted by molar-refractivity contribution is 5.20. The molecule has 3 nitrogen and oxygen atoms in total. The van der Waals surface area contributed by atoms with E-state index in [0.29, 0.717) is 17.8 Å². The minimum absolute atomic E-state index is 0.0243. The van der Waals surface area contributed by atoms with Gasteiger partial charge in [-0.25, -0.2) is 13.1 Å². The lowest BCUT2D eigenvalue weighted by atomic mass is 9.56. The Kier molecular flexibility index (Phi) is 4.53. The Morgan fingerprint density at radius 1 is 1.12 bits per heavy atom. The normalized spacial score (nSPS) is 44.4. The summed E-state index contributed by atoms with van der Waals surface area (Å²) in [5, 5.41) is 0. The van der Waals surface area contributed by atoms with E-state index >= 15 is 0 Å². The maximum atomic E-state index is 7.77. The molecule has 0 aromatic rings. The molecule has 3 heteroatoms. The molecule has 6 atom stereocenters. The van der Waals surface area contributed by atoms with Crippen molar-refractivity contribution in [1.29, 1.82) is 0 Å². The second kappa shape index (κ2) is 6.14. The SMILES string of the molecule is [C-]#[N+]C(C)(C)C1CC[C@](C)([C@H]2CC[C@@](C)([N+]#[C-])[C@H]3CCC(C)=C[C@H]32)O1. The van der Waals surface area contributed by atoms with Gasteiger partial charge in [-0.05, 0) is 57.8 Å². The maximum Gasteiger partial charge on any atom is 0.252 e. The van der Waals surface area contributed by atoms with E-state index in [9.17, 15) is 0 Å². The smallest absolute Gasteiger partial charge is 0.252 e. The van der Waals surface area contributed by atoms with Gasteiger partial charge < -0.3 is 14.4 Å². The van der Waals surface area contributed by atoms with E-state index in [1.165, 1.54) is 5.57 Å². The maximum absolute atomic E-state index is 7.77. The van der Waals surface area contributed by atoms with Gasteiger partial charge in [0.25, 0.3) is 5.54 Å². The van der Waals surface area contributed by atoms with Gasteiger partial charge in [-0.15, -0.1) is 0 Å². The summed E-state index contributed by atoms with van der Waals surface area (Å²) in [5.74, 6) is 1.36. The van der Waals surface area contributed by atoms with Crippen LogP contribution in [-0.4, -0.2) is 22.8 Å². The van der Waals surface area contributed by atoms with Crippen LogP contribution in [0, 0.1) is 30.9 Å². The molecule has 25 heavy (non-hydrogen) atoms. The van der Waals surface area contributed by atoms with Gasteiger partial charge in [0.05, 0.1) is 5.60 Å². The Morgan fingerprint density at radius 3 is 2.48 bits per heavy atom. The first-order chi connectivity index (χ1) is 11.6. The number of fused-ring (bicyclic) bond motifs is 1. The molecule has 1 aliphatic heterocycles. The first-order valence-corrected chi connectivity index (χ1v) is 9.77. The lowest BCUT2D eigenvalue weighted by Crippen LogP contribution is -2.52. The first kappa shape index (κ1) is 18.5. The summed E-state index contributed by atoms with van der Waals surface area (Å²) < 4.78 is 6.61. The predicted octanol–water partition coefficient (Wildman–Crippen LogP) is 5.68. The zero-order chi connectivity index (χ0) is 18.5. The summed E-state index contributed by atoms with van der Waals surface area (Å²) in [7, 11) is 0. The van der Waals surface area contributed by atoms with Crippen LogP contribution in [0.25, 0.3) is 9.69 Å². The van der Waals surface area contributed by atoms with Crippen molar-refractivity contribution in [2.45, 2.75) is 95.9 Å². The zero-order valence-corrected chi connectivity index (χ0v) is 16.4. The van der Waals surface area contributed by atoms with Crippen LogP contribution in [-0.2, 0) is 4.74 Å². The fourth-order valence-electron chi connectivity index (χ4n) is 5.61. The summed E-state index contributed by atoms with van der Waals surface area (Å²) in [6.07, 6.45) is 8.80. The Morgan fingerprint density at radius 2 is 1.84 bits per heavy atom. The molecule has 0 spiro atoms. The Labute approximate surface area is 153 Å². The van der Waals surface area contributed by atoms with Crippen molar-refractivity contribution in [3.8, 4) is 0 Å². The molecule has 2 aliphatic carbocycles. The van der Waals surface area contributed by atoms with Crippen molar-refractivity contribution in [3.63, 3.8) is 0 Å². The number of rotatable bonds is 2. The number of hydrogen-bond donors (Lipinski definition) is 0. The molecule has 0 amide bonds. The van der Waals surface area contributed by atoms with Crippen molar-refractivity contribution in [2.24, 2.45) is 17.8 Å². The van der Waals surface area contributed by atoms with E-state index in [-0.39, 0.29) is 17.2 Å². The van der Waals surface area contributed by atoms with Crippen LogP contribution in [0.2, 0.25) is 0 Å². The summed E-state index contributed by atoms with van der Waals surface area (Å²) in [6, 6.07) is 0. The van der Waals surface area contributed by atoms with Gasteiger partial charge in [-0.2, -0.15) is 0 Å². The van der Waals surface area contributed by atoms with Crippen LogP contribution in [0.3, 0.4) is 0 Å². The lowest BCUT2D eigenvalue weighted by molar-refractivity contribution is -0.112. The van der Waals surface area contributed by atoms with Crippen LogP contribution < -0.4 is 0 Å². The molecule has 0 bridgehead atoms. The fraction of sp³-hybridized carbons (Fsp3) is 0.818. The first-order valence-electron chi connectivity index (χ1n) is 9.77. The molecule has 0 N–H and O–H groups in total. The summed E-state index contributed by atoms with van der Waals surface area (Å²) >= 11 is 0. The molecule has 2 fully saturated rings. The van der Waals surface area contributed by atoms with Gasteiger partial charge >= 0.3 is 0 Å². The molecule has 1 saturated heterocycles. The minimum atomic E-state index is -0.449. The highest BCUT2D eigenvalue weighted by Gasteiger charge is 2.58.